The zero-order valence-electron chi connectivity index (χ0n) is 14.4. The number of benzene rings is 2. The molecule has 144 valence electrons. The molecular weight excluding hydrogens is 378 g/mol. The van der Waals surface area contributed by atoms with Gasteiger partial charge in [0.25, 0.3) is 5.69 Å². The molecule has 0 heterocycles. The minimum Gasteiger partial charge on any atom is -0.460 e. The van der Waals surface area contributed by atoms with Crippen molar-refractivity contribution in [1.82, 2.24) is 0 Å². The van der Waals surface area contributed by atoms with Crippen molar-refractivity contribution in [1.29, 1.82) is 0 Å². The maximum Gasteiger partial charge on any atom is 0.339 e. The summed E-state index contributed by atoms with van der Waals surface area (Å²) in [7, 11) is -4.26. The third kappa shape index (κ3) is 5.76. The van der Waals surface area contributed by atoms with E-state index in [0.717, 1.165) is 6.07 Å². The highest BCUT2D eigenvalue weighted by molar-refractivity contribution is 7.87. The highest BCUT2D eigenvalue weighted by Crippen LogP contribution is 2.22. The number of nitrogens with zero attached hydrogens (tertiary/aromatic N) is 1. The van der Waals surface area contributed by atoms with Gasteiger partial charge in [0.15, 0.2) is 0 Å². The van der Waals surface area contributed by atoms with Gasteiger partial charge in [-0.05, 0) is 37.3 Å². The van der Waals surface area contributed by atoms with E-state index in [-0.39, 0.29) is 35.1 Å². The molecule has 27 heavy (non-hydrogen) atoms. The minimum atomic E-state index is -4.26. The standard InChI is InChI=1S/C17H17NO8S/c1-2-24-10-11-25-17(19)13-6-8-15(9-7-13)26-27(22,23)16-5-3-4-14(12-16)18(20)21/h3-9,12H,2,10-11H2,1H3. The molecule has 0 radical (unpaired) electrons. The van der Waals surface area contributed by atoms with Gasteiger partial charge in [-0.1, -0.05) is 6.07 Å². The van der Waals surface area contributed by atoms with E-state index >= 15 is 0 Å². The van der Waals surface area contributed by atoms with Crippen LogP contribution in [-0.4, -0.2) is 39.1 Å². The Labute approximate surface area is 155 Å². The van der Waals surface area contributed by atoms with Crippen molar-refractivity contribution < 1.29 is 31.8 Å². The fourth-order valence-corrected chi connectivity index (χ4v) is 2.97. The average molecular weight is 395 g/mol. The second-order valence-corrected chi connectivity index (χ2v) is 6.70. The van der Waals surface area contributed by atoms with E-state index < -0.39 is 21.0 Å². The van der Waals surface area contributed by atoms with Gasteiger partial charge in [0.2, 0.25) is 0 Å². The zero-order valence-corrected chi connectivity index (χ0v) is 15.2. The molecule has 0 N–H and O–H groups in total. The summed E-state index contributed by atoms with van der Waals surface area (Å²) >= 11 is 0. The number of carbonyl (C=O) groups excluding carboxylic acids is 1. The Hall–Kier alpha value is -2.98. The molecule has 10 heteroatoms. The van der Waals surface area contributed by atoms with Gasteiger partial charge >= 0.3 is 16.1 Å². The van der Waals surface area contributed by atoms with Crippen molar-refractivity contribution >= 4 is 21.8 Å². The Morgan fingerprint density at radius 3 is 2.44 bits per heavy atom. The van der Waals surface area contributed by atoms with Crippen molar-refractivity contribution in [2.45, 2.75) is 11.8 Å². The van der Waals surface area contributed by atoms with Crippen LogP contribution in [0.4, 0.5) is 5.69 Å². The van der Waals surface area contributed by atoms with Gasteiger partial charge in [0.1, 0.15) is 17.3 Å². The monoisotopic (exact) mass is 395 g/mol. The van der Waals surface area contributed by atoms with Crippen LogP contribution in [0, 0.1) is 10.1 Å². The van der Waals surface area contributed by atoms with Crippen LogP contribution in [0.15, 0.2) is 53.4 Å². The first-order valence-electron chi connectivity index (χ1n) is 7.87. The second kappa shape index (κ2) is 9.10. The minimum absolute atomic E-state index is 0.0487. The molecule has 0 spiro atoms. The first-order chi connectivity index (χ1) is 12.8. The van der Waals surface area contributed by atoms with Crippen molar-refractivity contribution in [2.75, 3.05) is 19.8 Å². The van der Waals surface area contributed by atoms with E-state index in [2.05, 4.69) is 0 Å². The van der Waals surface area contributed by atoms with Gasteiger partial charge in [-0.15, -0.1) is 0 Å². The van der Waals surface area contributed by atoms with E-state index in [9.17, 15) is 23.3 Å². The largest absolute Gasteiger partial charge is 0.460 e. The quantitative estimate of drug-likeness (QED) is 0.209. The molecule has 0 saturated carbocycles. The molecule has 0 bridgehead atoms. The highest BCUT2D eigenvalue weighted by Gasteiger charge is 2.20. The first-order valence-corrected chi connectivity index (χ1v) is 9.28. The Morgan fingerprint density at radius 1 is 1.11 bits per heavy atom. The van der Waals surface area contributed by atoms with E-state index in [1.165, 1.54) is 42.5 Å². The highest BCUT2D eigenvalue weighted by atomic mass is 32.2. The van der Waals surface area contributed by atoms with Crippen molar-refractivity contribution in [3.63, 3.8) is 0 Å². The Morgan fingerprint density at radius 2 is 1.81 bits per heavy atom. The molecule has 0 amide bonds. The lowest BCUT2D eigenvalue weighted by Crippen LogP contribution is -2.12. The van der Waals surface area contributed by atoms with Gasteiger partial charge in [0, 0.05) is 18.7 Å². The summed E-state index contributed by atoms with van der Waals surface area (Å²) in [4.78, 5) is 21.5. The average Bonchev–Trinajstić information content (AvgIpc) is 2.65. The predicted octanol–water partition coefficient (Wildman–Crippen LogP) is 2.56. The zero-order chi connectivity index (χ0) is 19.9. The van der Waals surface area contributed by atoms with Crippen LogP contribution in [0.1, 0.15) is 17.3 Å². The summed E-state index contributed by atoms with van der Waals surface area (Å²) < 4.78 is 39.5. The molecule has 2 rings (SSSR count). The molecule has 0 aromatic heterocycles. The number of nitro benzene ring substituents is 1. The van der Waals surface area contributed by atoms with Crippen molar-refractivity contribution in [3.8, 4) is 5.75 Å². The van der Waals surface area contributed by atoms with Crippen molar-refractivity contribution in [3.05, 3.63) is 64.2 Å². The number of esters is 1. The van der Waals surface area contributed by atoms with Gasteiger partial charge in [-0.25, -0.2) is 4.79 Å². The maximum absolute atomic E-state index is 12.2. The van der Waals surface area contributed by atoms with Gasteiger partial charge < -0.3 is 13.7 Å². The summed E-state index contributed by atoms with van der Waals surface area (Å²) in [6.45, 7) is 2.72. The van der Waals surface area contributed by atoms with Crippen LogP contribution in [0.5, 0.6) is 5.75 Å². The first kappa shape index (κ1) is 20.3. The number of hydrogen-bond acceptors (Lipinski definition) is 8. The van der Waals surface area contributed by atoms with Gasteiger partial charge in [-0.3, -0.25) is 10.1 Å². The summed E-state index contributed by atoms with van der Waals surface area (Å²) in [5, 5.41) is 10.8. The van der Waals surface area contributed by atoms with Crippen LogP contribution in [0.2, 0.25) is 0 Å². The molecule has 0 aliphatic rings. The number of ether oxygens (including phenoxy) is 2. The lowest BCUT2D eigenvalue weighted by Gasteiger charge is -2.08. The lowest BCUT2D eigenvalue weighted by atomic mass is 10.2. The summed E-state index contributed by atoms with van der Waals surface area (Å²) in [5.41, 5.74) is -0.156. The molecule has 2 aromatic rings. The summed E-state index contributed by atoms with van der Waals surface area (Å²) in [6, 6.07) is 9.78. The molecule has 0 fully saturated rings. The summed E-state index contributed by atoms with van der Waals surface area (Å²) in [5.74, 6) is -0.629. The number of nitro groups is 1. The molecule has 0 atom stereocenters. The smallest absolute Gasteiger partial charge is 0.339 e. The maximum atomic E-state index is 12.2. The molecular formula is C17H17NO8S. The van der Waals surface area contributed by atoms with Gasteiger partial charge in [-0.2, -0.15) is 8.42 Å². The fraction of sp³-hybridized carbons (Fsp3) is 0.235. The molecule has 0 aliphatic carbocycles. The number of non-ortho nitro benzene ring substituents is 1. The Bertz CT molecular complexity index is 909. The number of carbonyl (C=O) groups is 1. The van der Waals surface area contributed by atoms with Crippen LogP contribution < -0.4 is 4.18 Å². The van der Waals surface area contributed by atoms with E-state index in [0.29, 0.717) is 6.61 Å². The van der Waals surface area contributed by atoms with E-state index in [4.69, 9.17) is 13.7 Å². The molecule has 0 aliphatic heterocycles. The SMILES string of the molecule is CCOCCOC(=O)c1ccc(OS(=O)(=O)c2cccc([N+](=O)[O-])c2)cc1. The fourth-order valence-electron chi connectivity index (χ4n) is 1.99. The third-order valence-electron chi connectivity index (χ3n) is 3.28. The van der Waals surface area contributed by atoms with Gasteiger partial charge in [0.05, 0.1) is 17.1 Å². The topological polar surface area (TPSA) is 122 Å². The number of hydrogen-bond donors (Lipinski definition) is 0. The Balaban J connectivity index is 2.06. The molecule has 9 nitrogen and oxygen atoms in total. The third-order valence-corrected chi connectivity index (χ3v) is 4.52. The predicted molar refractivity (Wildman–Crippen MR) is 94.1 cm³/mol. The summed E-state index contributed by atoms with van der Waals surface area (Å²) in [6.07, 6.45) is 0. The van der Waals surface area contributed by atoms with Crippen LogP contribution in [0.25, 0.3) is 0 Å². The second-order valence-electron chi connectivity index (χ2n) is 5.15. The molecule has 2 aromatic carbocycles. The lowest BCUT2D eigenvalue weighted by molar-refractivity contribution is -0.385. The van der Waals surface area contributed by atoms with E-state index in [1.807, 2.05) is 6.92 Å². The van der Waals surface area contributed by atoms with Crippen LogP contribution in [-0.2, 0) is 19.6 Å². The number of rotatable bonds is 9. The molecule has 0 unspecified atom stereocenters. The Kier molecular flexibility index (Phi) is 6.85. The van der Waals surface area contributed by atoms with Crippen LogP contribution >= 0.6 is 0 Å². The van der Waals surface area contributed by atoms with Crippen LogP contribution in [0.3, 0.4) is 0 Å². The van der Waals surface area contributed by atoms with E-state index in [1.54, 1.807) is 0 Å². The normalized spacial score (nSPS) is 11.0. The molecule has 0 saturated heterocycles. The van der Waals surface area contributed by atoms with Crippen molar-refractivity contribution in [2.24, 2.45) is 0 Å².